The molecule has 0 radical (unpaired) electrons. The van der Waals surface area contributed by atoms with Crippen molar-refractivity contribution in [2.45, 2.75) is 4.33 Å². The van der Waals surface area contributed by atoms with Crippen molar-refractivity contribution in [2.75, 3.05) is 0 Å². The van der Waals surface area contributed by atoms with Gasteiger partial charge >= 0.3 is 0 Å². The second-order valence-electron chi connectivity index (χ2n) is 1.16. The predicted octanol–water partition coefficient (Wildman–Crippen LogP) is 1.19. The molecule has 0 aliphatic rings. The number of nitriles is 1. The second kappa shape index (κ2) is 3.11. The van der Waals surface area contributed by atoms with Crippen molar-refractivity contribution < 1.29 is 0 Å². The Labute approximate surface area is 67.1 Å². The Balaban J connectivity index is 4.39. The van der Waals surface area contributed by atoms with Gasteiger partial charge in [0.2, 0.25) is 0 Å². The van der Waals surface area contributed by atoms with Crippen LogP contribution in [-0.2, 0) is 0 Å². The monoisotopic (exact) mass is 185 g/mol. The molecule has 0 atom stereocenters. The molecular weight excluding hydrogens is 184 g/mol. The van der Waals surface area contributed by atoms with E-state index in [2.05, 4.69) is 4.51 Å². The molecule has 0 saturated carbocycles. The van der Waals surface area contributed by atoms with Crippen LogP contribution in [0, 0.1) is 11.3 Å². The fraction of sp³-hybridized carbons (Fsp3) is 0.333. The molecule has 0 aromatic rings. The van der Waals surface area contributed by atoms with E-state index in [9.17, 15) is 0 Å². The summed E-state index contributed by atoms with van der Waals surface area (Å²) >= 11 is 15.3. The summed E-state index contributed by atoms with van der Waals surface area (Å²) in [7, 11) is 0. The average Bonchev–Trinajstić information content (AvgIpc) is 1.86. The quantitative estimate of drug-likeness (QED) is 0.380. The molecule has 0 rings (SSSR count). The van der Waals surface area contributed by atoms with Gasteiger partial charge in [-0.05, 0) is 0 Å². The van der Waals surface area contributed by atoms with E-state index in [0.29, 0.717) is 0 Å². The highest BCUT2D eigenvalue weighted by atomic mass is 35.5. The first kappa shape index (κ1) is 8.83. The molecule has 0 saturated heterocycles. The first-order valence-electron chi connectivity index (χ1n) is 1.78. The van der Waals surface area contributed by atoms with E-state index < -0.39 is 4.33 Å². The lowest BCUT2D eigenvalue weighted by molar-refractivity contribution is 1.29. The minimum atomic E-state index is -1.80. The largest absolute Gasteiger partial charge is 0.383 e. The maximum atomic E-state index is 8.16. The summed E-state index contributed by atoms with van der Waals surface area (Å²) in [5.74, 6) is -0.324. The van der Waals surface area contributed by atoms with Crippen molar-refractivity contribution in [1.82, 2.24) is 0 Å². The van der Waals surface area contributed by atoms with E-state index in [0.717, 1.165) is 0 Å². The molecule has 0 heterocycles. The number of nitrogens with zero attached hydrogens (tertiary/aromatic N) is 2. The molecule has 6 heteroatoms. The topological polar surface area (TPSA) is 62.2 Å². The number of nitrogens with two attached hydrogens (primary N) is 1. The summed E-state index contributed by atoms with van der Waals surface area (Å²) in [4.78, 5) is 0. The highest BCUT2D eigenvalue weighted by Gasteiger charge is 2.28. The van der Waals surface area contributed by atoms with Gasteiger partial charge in [0.05, 0.1) is 0 Å². The van der Waals surface area contributed by atoms with Gasteiger partial charge in [0.1, 0.15) is 6.07 Å². The highest BCUT2D eigenvalue weighted by molar-refractivity contribution is 6.61. The molecule has 50 valence electrons. The van der Waals surface area contributed by atoms with Crippen LogP contribution >= 0.6 is 35.0 Å². The molecule has 2 N–H and O–H groups in total. The fourth-order valence-electron chi connectivity index (χ4n) is 0.110. The molecule has 0 spiro atoms. The Hall–Kier alpha value is -0.170. The zero-order chi connectivity index (χ0) is 7.49. The average molecular weight is 186 g/mol. The van der Waals surface area contributed by atoms with E-state index in [4.69, 9.17) is 46.0 Å². The van der Waals surface area contributed by atoms with Gasteiger partial charge in [-0.1, -0.05) is 23.2 Å². The van der Waals surface area contributed by atoms with Crippen molar-refractivity contribution in [3.8, 4) is 6.07 Å². The number of hydrogen-bond acceptors (Lipinski definition) is 2. The lowest BCUT2D eigenvalue weighted by Crippen LogP contribution is -2.31. The normalized spacial score (nSPS) is 12.9. The predicted molar refractivity (Wildman–Crippen MR) is 37.5 cm³/mol. The van der Waals surface area contributed by atoms with Gasteiger partial charge in [-0.2, -0.15) is 9.77 Å². The molecule has 0 amide bonds. The maximum Gasteiger partial charge on any atom is 0.260 e. The van der Waals surface area contributed by atoms with Crippen LogP contribution in [0.5, 0.6) is 0 Å². The molecular formula is C3H2Cl3N3. The molecule has 3 nitrogen and oxygen atoms in total. The van der Waals surface area contributed by atoms with Crippen LogP contribution < -0.4 is 5.73 Å². The zero-order valence-electron chi connectivity index (χ0n) is 4.11. The summed E-state index contributed by atoms with van der Waals surface area (Å²) in [5.41, 5.74) is 4.99. The van der Waals surface area contributed by atoms with Crippen LogP contribution in [-0.4, -0.2) is 10.2 Å². The van der Waals surface area contributed by atoms with E-state index in [1.807, 2.05) is 0 Å². The van der Waals surface area contributed by atoms with Gasteiger partial charge in [-0.25, -0.2) is 0 Å². The molecule has 0 fully saturated rings. The number of hydrogen-bond donors (Lipinski definition) is 1. The van der Waals surface area contributed by atoms with Crippen molar-refractivity contribution in [1.29, 1.82) is 5.26 Å². The van der Waals surface area contributed by atoms with Crippen molar-refractivity contribution in [3.05, 3.63) is 0 Å². The molecule has 0 bridgehead atoms. The van der Waals surface area contributed by atoms with Crippen molar-refractivity contribution in [2.24, 2.45) is 10.2 Å². The Kier molecular flexibility index (Phi) is 3.06. The third kappa shape index (κ3) is 2.27. The Morgan fingerprint density at radius 3 is 2.22 bits per heavy atom. The molecule has 0 aliphatic heterocycles. The smallest absolute Gasteiger partial charge is 0.260 e. The number of rotatable bonds is 1. The van der Waals surface area contributed by atoms with Crippen LogP contribution in [0.25, 0.3) is 0 Å². The van der Waals surface area contributed by atoms with Gasteiger partial charge in [-0.3, -0.25) is 0 Å². The fourth-order valence-corrected chi connectivity index (χ4v) is 0.408. The van der Waals surface area contributed by atoms with Crippen LogP contribution in [0.4, 0.5) is 0 Å². The van der Waals surface area contributed by atoms with E-state index in [-0.39, 0.29) is 5.84 Å². The van der Waals surface area contributed by atoms with Crippen molar-refractivity contribution in [3.63, 3.8) is 0 Å². The molecule has 0 aliphatic carbocycles. The van der Waals surface area contributed by atoms with E-state index in [1.165, 1.54) is 6.07 Å². The standard InChI is InChI=1S/C3H2Cl3N3/c4-3(5,1-7)2(8)9-6/h(H2,8,9). The molecule has 0 aromatic heterocycles. The first-order valence-corrected chi connectivity index (χ1v) is 2.88. The van der Waals surface area contributed by atoms with Crippen LogP contribution in [0.3, 0.4) is 0 Å². The van der Waals surface area contributed by atoms with Crippen LogP contribution in [0.15, 0.2) is 4.51 Å². The molecule has 0 aromatic carbocycles. The third-order valence-corrected chi connectivity index (χ3v) is 1.29. The summed E-state index contributed by atoms with van der Waals surface area (Å²) in [5, 5.41) is 8.16. The van der Waals surface area contributed by atoms with Crippen LogP contribution in [0.1, 0.15) is 0 Å². The maximum absolute atomic E-state index is 8.16. The summed E-state index contributed by atoms with van der Waals surface area (Å²) in [6.07, 6.45) is 0. The van der Waals surface area contributed by atoms with Crippen LogP contribution in [0.2, 0.25) is 0 Å². The third-order valence-electron chi connectivity index (χ3n) is 0.553. The number of alkyl halides is 2. The lowest BCUT2D eigenvalue weighted by atomic mass is 10.4. The molecule has 0 unspecified atom stereocenters. The van der Waals surface area contributed by atoms with Gasteiger partial charge in [0.25, 0.3) is 4.33 Å². The summed E-state index contributed by atoms with van der Waals surface area (Å²) < 4.78 is 1.11. The Morgan fingerprint density at radius 2 is 2.11 bits per heavy atom. The highest BCUT2D eigenvalue weighted by Crippen LogP contribution is 2.19. The Morgan fingerprint density at radius 1 is 1.67 bits per heavy atom. The first-order chi connectivity index (χ1) is 4.04. The van der Waals surface area contributed by atoms with Gasteiger partial charge < -0.3 is 5.73 Å². The van der Waals surface area contributed by atoms with Gasteiger partial charge in [0.15, 0.2) is 5.84 Å². The lowest BCUT2D eigenvalue weighted by Gasteiger charge is -2.05. The van der Waals surface area contributed by atoms with Crippen molar-refractivity contribution >= 4 is 40.8 Å². The van der Waals surface area contributed by atoms with Gasteiger partial charge in [-0.15, -0.1) is 0 Å². The van der Waals surface area contributed by atoms with E-state index in [1.54, 1.807) is 0 Å². The summed E-state index contributed by atoms with van der Waals surface area (Å²) in [6, 6.07) is 1.48. The summed E-state index contributed by atoms with van der Waals surface area (Å²) in [6.45, 7) is 0. The number of amidine groups is 1. The Bertz CT molecular complexity index is 168. The van der Waals surface area contributed by atoms with Gasteiger partial charge in [0, 0.05) is 11.8 Å². The minimum absolute atomic E-state index is 0.324. The molecule has 9 heavy (non-hydrogen) atoms. The van der Waals surface area contributed by atoms with E-state index >= 15 is 0 Å². The number of halogens is 3. The zero-order valence-corrected chi connectivity index (χ0v) is 6.37. The second-order valence-corrected chi connectivity index (χ2v) is 2.65. The SMILES string of the molecule is N#CC(Cl)(Cl)/C(N)=N/Cl. The minimum Gasteiger partial charge on any atom is -0.383 e.